The van der Waals surface area contributed by atoms with E-state index in [-0.39, 0.29) is 19.6 Å². The van der Waals surface area contributed by atoms with Crippen molar-refractivity contribution in [2.45, 2.75) is 5.92 Å². The normalized spacial score (nSPS) is 17.9. The Morgan fingerprint density at radius 2 is 1.79 bits per heavy atom. The number of carboxylic acid groups (broad SMARTS) is 1. The first-order chi connectivity index (χ1) is 9.06. The smallest absolute Gasteiger partial charge is 0.312 e. The summed E-state index contributed by atoms with van der Waals surface area (Å²) in [6.07, 6.45) is 0. The first kappa shape index (κ1) is 13.2. The zero-order chi connectivity index (χ0) is 13.8. The zero-order valence-electron chi connectivity index (χ0n) is 10.2. The van der Waals surface area contributed by atoms with Gasteiger partial charge in [0.1, 0.15) is 0 Å². The average Bonchev–Trinajstić information content (AvgIpc) is 2.35. The monoisotopic (exact) mass is 262 g/mol. The average molecular weight is 262 g/mol. The van der Waals surface area contributed by atoms with Crippen molar-refractivity contribution in [3.8, 4) is 0 Å². The van der Waals surface area contributed by atoms with Crippen LogP contribution in [-0.2, 0) is 14.4 Å². The molecule has 6 heteroatoms. The molecule has 1 aromatic rings. The standard InChI is InChI=1S/C13H14N2O4/c16-11-7-15(8-12(17)14-11)6-10(13(18)19)9-4-2-1-3-5-9/h1-5,10H,6-8H2,(H,18,19)(H,14,16,17). The number of imide groups is 1. The molecular formula is C13H14N2O4. The number of carbonyl (C=O) groups excluding carboxylic acids is 2. The van der Waals surface area contributed by atoms with Gasteiger partial charge in [0, 0.05) is 6.54 Å². The van der Waals surface area contributed by atoms with Gasteiger partial charge in [0.05, 0.1) is 19.0 Å². The minimum absolute atomic E-state index is 0.0440. The number of benzene rings is 1. The third kappa shape index (κ3) is 3.38. The van der Waals surface area contributed by atoms with Gasteiger partial charge in [-0.3, -0.25) is 24.6 Å². The quantitative estimate of drug-likeness (QED) is 0.735. The van der Waals surface area contributed by atoms with Crippen LogP contribution in [0.1, 0.15) is 11.5 Å². The lowest BCUT2D eigenvalue weighted by molar-refractivity contribution is -0.142. The van der Waals surface area contributed by atoms with Gasteiger partial charge < -0.3 is 5.11 Å². The number of nitrogens with one attached hydrogen (secondary N) is 1. The first-order valence-corrected chi connectivity index (χ1v) is 5.89. The van der Waals surface area contributed by atoms with Crippen LogP contribution in [-0.4, -0.2) is 47.4 Å². The Morgan fingerprint density at radius 1 is 1.21 bits per heavy atom. The second kappa shape index (κ2) is 5.62. The second-order valence-electron chi connectivity index (χ2n) is 4.44. The number of nitrogens with zero attached hydrogens (tertiary/aromatic N) is 1. The maximum absolute atomic E-state index is 11.3. The van der Waals surface area contributed by atoms with Crippen LogP contribution in [0.25, 0.3) is 0 Å². The van der Waals surface area contributed by atoms with E-state index in [0.717, 1.165) is 0 Å². The molecule has 19 heavy (non-hydrogen) atoms. The molecule has 6 nitrogen and oxygen atoms in total. The van der Waals surface area contributed by atoms with Crippen molar-refractivity contribution >= 4 is 17.8 Å². The Balaban J connectivity index is 2.11. The van der Waals surface area contributed by atoms with Crippen LogP contribution in [0.2, 0.25) is 0 Å². The highest BCUT2D eigenvalue weighted by Crippen LogP contribution is 2.17. The van der Waals surface area contributed by atoms with E-state index in [1.807, 2.05) is 0 Å². The Bertz CT molecular complexity index is 485. The van der Waals surface area contributed by atoms with Crippen molar-refractivity contribution in [2.75, 3.05) is 19.6 Å². The lowest BCUT2D eigenvalue weighted by Gasteiger charge is -2.27. The lowest BCUT2D eigenvalue weighted by atomic mass is 9.98. The molecule has 100 valence electrons. The van der Waals surface area contributed by atoms with Crippen LogP contribution in [0.5, 0.6) is 0 Å². The molecule has 0 aromatic heterocycles. The zero-order valence-corrected chi connectivity index (χ0v) is 10.2. The van der Waals surface area contributed by atoms with E-state index < -0.39 is 23.7 Å². The predicted octanol–water partition coefficient (Wildman–Crippen LogP) is -0.187. The fourth-order valence-electron chi connectivity index (χ4n) is 2.10. The fourth-order valence-corrected chi connectivity index (χ4v) is 2.10. The van der Waals surface area contributed by atoms with Gasteiger partial charge in [0.15, 0.2) is 0 Å². The van der Waals surface area contributed by atoms with Crippen molar-refractivity contribution in [2.24, 2.45) is 0 Å². The Kier molecular flexibility index (Phi) is 3.91. The second-order valence-corrected chi connectivity index (χ2v) is 4.44. The van der Waals surface area contributed by atoms with Gasteiger partial charge in [-0.05, 0) is 5.56 Å². The van der Waals surface area contributed by atoms with Gasteiger partial charge in [-0.15, -0.1) is 0 Å². The number of piperazine rings is 1. The van der Waals surface area contributed by atoms with E-state index in [2.05, 4.69) is 5.32 Å². The van der Waals surface area contributed by atoms with Gasteiger partial charge in [0.25, 0.3) is 0 Å². The number of carbonyl (C=O) groups is 3. The molecule has 1 saturated heterocycles. The fraction of sp³-hybridized carbons (Fsp3) is 0.308. The Labute approximate surface area is 110 Å². The summed E-state index contributed by atoms with van der Waals surface area (Å²) >= 11 is 0. The largest absolute Gasteiger partial charge is 0.481 e. The summed E-state index contributed by atoms with van der Waals surface area (Å²) in [5.74, 6) is -2.51. The molecule has 2 rings (SSSR count). The van der Waals surface area contributed by atoms with Crippen LogP contribution < -0.4 is 5.32 Å². The number of rotatable bonds is 4. The molecule has 0 radical (unpaired) electrons. The molecule has 1 aromatic carbocycles. The van der Waals surface area contributed by atoms with Gasteiger partial charge in [-0.2, -0.15) is 0 Å². The summed E-state index contributed by atoms with van der Waals surface area (Å²) < 4.78 is 0. The van der Waals surface area contributed by atoms with Crippen LogP contribution >= 0.6 is 0 Å². The van der Waals surface area contributed by atoms with E-state index in [1.54, 1.807) is 35.2 Å². The Hall–Kier alpha value is -2.21. The molecule has 0 saturated carbocycles. The van der Waals surface area contributed by atoms with Gasteiger partial charge in [-0.25, -0.2) is 0 Å². The van der Waals surface area contributed by atoms with Crippen molar-refractivity contribution in [3.05, 3.63) is 35.9 Å². The third-order valence-electron chi connectivity index (χ3n) is 2.95. The first-order valence-electron chi connectivity index (χ1n) is 5.89. The summed E-state index contributed by atoms with van der Waals surface area (Å²) in [4.78, 5) is 35.4. The highest BCUT2D eigenvalue weighted by Gasteiger charge is 2.28. The van der Waals surface area contributed by atoms with Gasteiger partial charge in [0.2, 0.25) is 11.8 Å². The van der Waals surface area contributed by atoms with Crippen molar-refractivity contribution in [3.63, 3.8) is 0 Å². The summed E-state index contributed by atoms with van der Waals surface area (Å²) in [5.41, 5.74) is 0.661. The van der Waals surface area contributed by atoms with Crippen molar-refractivity contribution < 1.29 is 19.5 Å². The number of hydrogen-bond acceptors (Lipinski definition) is 4. The van der Waals surface area contributed by atoms with E-state index in [0.29, 0.717) is 5.56 Å². The van der Waals surface area contributed by atoms with E-state index in [4.69, 9.17) is 0 Å². The minimum Gasteiger partial charge on any atom is -0.481 e. The molecule has 1 fully saturated rings. The Morgan fingerprint density at radius 3 is 2.32 bits per heavy atom. The number of amides is 2. The number of carboxylic acids is 1. The maximum Gasteiger partial charge on any atom is 0.312 e. The van der Waals surface area contributed by atoms with E-state index >= 15 is 0 Å². The highest BCUT2D eigenvalue weighted by atomic mass is 16.4. The number of aliphatic carboxylic acids is 1. The molecule has 2 N–H and O–H groups in total. The predicted molar refractivity (Wildman–Crippen MR) is 66.4 cm³/mol. The SMILES string of the molecule is O=C1CN(CC(C(=O)O)c2ccccc2)CC(=O)N1. The van der Waals surface area contributed by atoms with Crippen LogP contribution in [0.15, 0.2) is 30.3 Å². The van der Waals surface area contributed by atoms with E-state index in [1.165, 1.54) is 0 Å². The minimum atomic E-state index is -0.968. The lowest BCUT2D eigenvalue weighted by Crippen LogP contribution is -2.52. The molecule has 2 amide bonds. The molecule has 0 spiro atoms. The summed E-state index contributed by atoms with van der Waals surface area (Å²) in [5, 5.41) is 11.5. The highest BCUT2D eigenvalue weighted by molar-refractivity contribution is 5.99. The molecule has 0 bridgehead atoms. The van der Waals surface area contributed by atoms with Gasteiger partial charge >= 0.3 is 5.97 Å². The van der Waals surface area contributed by atoms with E-state index in [9.17, 15) is 19.5 Å². The van der Waals surface area contributed by atoms with Crippen LogP contribution in [0.3, 0.4) is 0 Å². The molecular weight excluding hydrogens is 248 g/mol. The topological polar surface area (TPSA) is 86.7 Å². The molecule has 1 atom stereocenters. The van der Waals surface area contributed by atoms with Crippen molar-refractivity contribution in [1.29, 1.82) is 0 Å². The molecule has 1 unspecified atom stereocenters. The molecule has 1 aliphatic rings. The van der Waals surface area contributed by atoms with Crippen LogP contribution in [0.4, 0.5) is 0 Å². The van der Waals surface area contributed by atoms with Crippen LogP contribution in [0, 0.1) is 0 Å². The summed E-state index contributed by atoms with van der Waals surface area (Å²) in [7, 11) is 0. The number of hydrogen-bond donors (Lipinski definition) is 2. The maximum atomic E-state index is 11.3. The molecule has 0 aliphatic carbocycles. The third-order valence-corrected chi connectivity index (χ3v) is 2.95. The summed E-state index contributed by atoms with van der Waals surface area (Å²) in [6.45, 7) is 0.225. The molecule has 1 aliphatic heterocycles. The molecule has 1 heterocycles. The van der Waals surface area contributed by atoms with Gasteiger partial charge in [-0.1, -0.05) is 30.3 Å². The van der Waals surface area contributed by atoms with Crippen molar-refractivity contribution in [1.82, 2.24) is 10.2 Å². The summed E-state index contributed by atoms with van der Waals surface area (Å²) in [6, 6.07) is 8.79.